The maximum Gasteiger partial charge on any atom is 0.338 e. The maximum atomic E-state index is 13.9. The van der Waals surface area contributed by atoms with Crippen LogP contribution in [-0.2, 0) is 20.9 Å². The summed E-state index contributed by atoms with van der Waals surface area (Å²) in [6.45, 7) is 6.03. The number of fused-ring (bicyclic) bond motifs is 1. The van der Waals surface area contributed by atoms with Crippen molar-refractivity contribution in [2.75, 3.05) is 13.2 Å². The van der Waals surface area contributed by atoms with Crippen molar-refractivity contribution in [1.82, 2.24) is 4.57 Å². The number of aromatic nitrogens is 1. The van der Waals surface area contributed by atoms with Crippen LogP contribution in [-0.4, -0.2) is 29.7 Å². The molecule has 3 aromatic carbocycles. The molecule has 0 amide bonds. The second kappa shape index (κ2) is 13.8. The van der Waals surface area contributed by atoms with Gasteiger partial charge in [-0.1, -0.05) is 59.3 Å². The van der Waals surface area contributed by atoms with Crippen LogP contribution < -0.4 is 19.6 Å². The summed E-state index contributed by atoms with van der Waals surface area (Å²) in [5.74, 6) is -0.284. The Kier molecular flexibility index (Phi) is 9.83. The van der Waals surface area contributed by atoms with Crippen molar-refractivity contribution in [3.05, 3.63) is 129 Å². The molecular formula is C33H28BrClN2O6S. The molecule has 1 aromatic heterocycles. The third-order valence-corrected chi connectivity index (χ3v) is 8.78. The molecule has 5 rings (SSSR count). The lowest BCUT2D eigenvalue weighted by atomic mass is 9.96. The normalized spacial score (nSPS) is 14.6. The molecule has 0 saturated heterocycles. The van der Waals surface area contributed by atoms with E-state index in [0.717, 1.165) is 11.1 Å². The van der Waals surface area contributed by atoms with Gasteiger partial charge in [-0.25, -0.2) is 14.6 Å². The number of halogens is 2. The van der Waals surface area contributed by atoms with E-state index in [0.29, 0.717) is 54.6 Å². The van der Waals surface area contributed by atoms with Crippen LogP contribution in [0.1, 0.15) is 53.9 Å². The third-order valence-electron chi connectivity index (χ3n) is 6.83. The standard InChI is InChI=1S/C33H28BrClN2O6S/c1-4-41-31(39)22-13-10-20(11-14-22)18-43-26-15-12-21(16-24(26)34)17-27-30(38)37-29(23-8-6-7-9-25(23)35)28(32(40)42-5-2)19(3)36-33(37)44-27/h6-17,29H,4-5,18H2,1-3H3/b27-17-/t29-/m1/s1. The van der Waals surface area contributed by atoms with Gasteiger partial charge in [0.05, 0.1) is 39.1 Å². The van der Waals surface area contributed by atoms with E-state index in [1.807, 2.05) is 36.4 Å². The monoisotopic (exact) mass is 694 g/mol. The SMILES string of the molecule is CCOC(=O)C1=C(C)N=c2s/c(=C\c3ccc(OCc4ccc(C(=O)OCC)cc4)c(Br)c3)c(=O)n2[C@@H]1c1ccccc1Cl. The van der Waals surface area contributed by atoms with Gasteiger partial charge in [-0.3, -0.25) is 9.36 Å². The molecule has 2 heterocycles. The Balaban J connectivity index is 1.44. The van der Waals surface area contributed by atoms with E-state index < -0.39 is 12.0 Å². The summed E-state index contributed by atoms with van der Waals surface area (Å²) in [7, 11) is 0. The number of rotatable bonds is 9. The molecule has 11 heteroatoms. The number of nitrogens with zero attached hydrogens (tertiary/aromatic N) is 2. The van der Waals surface area contributed by atoms with Gasteiger partial charge in [0.1, 0.15) is 18.4 Å². The van der Waals surface area contributed by atoms with Gasteiger partial charge in [0.2, 0.25) is 0 Å². The average molecular weight is 696 g/mol. The van der Waals surface area contributed by atoms with E-state index in [1.165, 1.54) is 15.9 Å². The van der Waals surface area contributed by atoms with E-state index in [1.54, 1.807) is 57.2 Å². The molecule has 0 bridgehead atoms. The summed E-state index contributed by atoms with van der Waals surface area (Å²) < 4.78 is 19.0. The van der Waals surface area contributed by atoms with Crippen LogP contribution in [0.15, 0.2) is 92.3 Å². The highest BCUT2D eigenvalue weighted by Crippen LogP contribution is 2.34. The van der Waals surface area contributed by atoms with Crippen LogP contribution in [0.4, 0.5) is 0 Å². The molecular weight excluding hydrogens is 668 g/mol. The van der Waals surface area contributed by atoms with E-state index in [2.05, 4.69) is 20.9 Å². The zero-order chi connectivity index (χ0) is 31.4. The lowest BCUT2D eigenvalue weighted by Gasteiger charge is -2.25. The van der Waals surface area contributed by atoms with Gasteiger partial charge in [-0.15, -0.1) is 0 Å². The summed E-state index contributed by atoms with van der Waals surface area (Å²) in [6, 6.07) is 18.9. The molecule has 0 aliphatic carbocycles. The number of carbonyl (C=O) groups is 2. The molecule has 0 N–H and O–H groups in total. The first kappa shape index (κ1) is 31.4. The Labute approximate surface area is 271 Å². The smallest absolute Gasteiger partial charge is 0.338 e. The van der Waals surface area contributed by atoms with E-state index in [4.69, 9.17) is 25.8 Å². The average Bonchev–Trinajstić information content (AvgIpc) is 3.30. The molecule has 0 saturated carbocycles. The molecule has 226 valence electrons. The first-order valence-electron chi connectivity index (χ1n) is 13.8. The molecule has 0 unspecified atom stereocenters. The second-order valence-electron chi connectivity index (χ2n) is 9.72. The topological polar surface area (TPSA) is 96.2 Å². The number of ether oxygens (including phenoxy) is 3. The highest BCUT2D eigenvalue weighted by atomic mass is 79.9. The number of allylic oxidation sites excluding steroid dienone is 1. The predicted molar refractivity (Wildman–Crippen MR) is 173 cm³/mol. The first-order valence-corrected chi connectivity index (χ1v) is 15.8. The van der Waals surface area contributed by atoms with Gasteiger partial charge in [0, 0.05) is 5.02 Å². The van der Waals surface area contributed by atoms with Crippen molar-refractivity contribution >= 4 is 56.9 Å². The highest BCUT2D eigenvalue weighted by molar-refractivity contribution is 9.10. The van der Waals surface area contributed by atoms with Crippen molar-refractivity contribution in [3.63, 3.8) is 0 Å². The molecule has 1 aliphatic rings. The van der Waals surface area contributed by atoms with Crippen LogP contribution in [0, 0.1) is 0 Å². The Bertz CT molecular complexity index is 1950. The quantitative estimate of drug-likeness (QED) is 0.200. The lowest BCUT2D eigenvalue weighted by Crippen LogP contribution is -2.40. The minimum Gasteiger partial charge on any atom is -0.488 e. The lowest BCUT2D eigenvalue weighted by molar-refractivity contribution is -0.139. The molecule has 0 fully saturated rings. The number of benzene rings is 3. The summed E-state index contributed by atoms with van der Waals surface area (Å²) in [5, 5.41) is 0.429. The zero-order valence-corrected chi connectivity index (χ0v) is 27.3. The van der Waals surface area contributed by atoms with E-state index >= 15 is 0 Å². The summed E-state index contributed by atoms with van der Waals surface area (Å²) in [4.78, 5) is 43.9. The van der Waals surface area contributed by atoms with Crippen LogP contribution in [0.25, 0.3) is 6.08 Å². The molecule has 44 heavy (non-hydrogen) atoms. The fraction of sp³-hybridized carbons (Fsp3) is 0.212. The number of esters is 2. The third kappa shape index (κ3) is 6.57. The van der Waals surface area contributed by atoms with Crippen molar-refractivity contribution < 1.29 is 23.8 Å². The number of hydrogen-bond acceptors (Lipinski definition) is 8. The van der Waals surface area contributed by atoms with Crippen molar-refractivity contribution in [3.8, 4) is 5.75 Å². The van der Waals surface area contributed by atoms with Gasteiger partial charge in [0.25, 0.3) is 5.56 Å². The van der Waals surface area contributed by atoms with Gasteiger partial charge in [-0.05, 0) is 89.8 Å². The zero-order valence-electron chi connectivity index (χ0n) is 24.1. The van der Waals surface area contributed by atoms with Crippen molar-refractivity contribution in [2.24, 2.45) is 4.99 Å². The Hall–Kier alpha value is -3.99. The summed E-state index contributed by atoms with van der Waals surface area (Å²) in [5.41, 5.74) is 3.20. The number of thiazole rings is 1. The second-order valence-corrected chi connectivity index (χ2v) is 12.0. The van der Waals surface area contributed by atoms with Gasteiger partial charge >= 0.3 is 11.9 Å². The van der Waals surface area contributed by atoms with E-state index in [9.17, 15) is 14.4 Å². The highest BCUT2D eigenvalue weighted by Gasteiger charge is 2.34. The Morgan fingerprint density at radius 3 is 2.41 bits per heavy atom. The summed E-state index contributed by atoms with van der Waals surface area (Å²) in [6.07, 6.45) is 1.78. The molecule has 0 spiro atoms. The van der Waals surface area contributed by atoms with Crippen LogP contribution >= 0.6 is 38.9 Å². The molecule has 4 aromatic rings. The Morgan fingerprint density at radius 2 is 1.73 bits per heavy atom. The van der Waals surface area contributed by atoms with Crippen LogP contribution in [0.3, 0.4) is 0 Å². The van der Waals surface area contributed by atoms with Gasteiger partial charge in [-0.2, -0.15) is 0 Å². The first-order chi connectivity index (χ1) is 21.2. The van der Waals surface area contributed by atoms with Crippen molar-refractivity contribution in [2.45, 2.75) is 33.4 Å². The molecule has 0 radical (unpaired) electrons. The maximum absolute atomic E-state index is 13.9. The summed E-state index contributed by atoms with van der Waals surface area (Å²) >= 11 is 11.4. The largest absolute Gasteiger partial charge is 0.488 e. The minimum atomic E-state index is -0.782. The number of carbonyl (C=O) groups excluding carboxylic acids is 2. The fourth-order valence-corrected chi connectivity index (χ4v) is 6.57. The van der Waals surface area contributed by atoms with Crippen LogP contribution in [0.5, 0.6) is 5.75 Å². The van der Waals surface area contributed by atoms with Crippen LogP contribution in [0.2, 0.25) is 5.02 Å². The van der Waals surface area contributed by atoms with Gasteiger partial charge in [0.15, 0.2) is 4.80 Å². The Morgan fingerprint density at radius 1 is 1.02 bits per heavy atom. The fourth-order valence-electron chi connectivity index (χ4n) is 4.77. The minimum absolute atomic E-state index is 0.186. The molecule has 1 atom stereocenters. The van der Waals surface area contributed by atoms with Crippen molar-refractivity contribution in [1.29, 1.82) is 0 Å². The van der Waals surface area contributed by atoms with E-state index in [-0.39, 0.29) is 23.7 Å². The van der Waals surface area contributed by atoms with Gasteiger partial charge < -0.3 is 14.2 Å². The molecule has 8 nitrogen and oxygen atoms in total. The number of hydrogen-bond donors (Lipinski definition) is 0. The predicted octanol–water partition coefficient (Wildman–Crippen LogP) is 5.97. The molecule has 1 aliphatic heterocycles.